The van der Waals surface area contributed by atoms with Crippen LogP contribution in [0.15, 0.2) is 72.9 Å². The summed E-state index contributed by atoms with van der Waals surface area (Å²) in [4.78, 5) is 6.52. The standard InChI is InChI=1S/C28H27FN4S/c1-17-10-9-14-24(19(17)3)32-18(2)16-21(20(32)4)27-26(23-12-7-8-15-30-23)31-28(34)33(27)25-13-6-5-11-22(25)29/h5-16,26-27H,1-4H3,(H,31,34)/t26-,27-/m0/s1. The van der Waals surface area contributed by atoms with Gasteiger partial charge in [-0.3, -0.25) is 4.98 Å². The highest BCUT2D eigenvalue weighted by Crippen LogP contribution is 2.44. The van der Waals surface area contributed by atoms with E-state index < -0.39 is 0 Å². The molecule has 0 radical (unpaired) electrons. The lowest BCUT2D eigenvalue weighted by Crippen LogP contribution is -2.30. The Morgan fingerprint density at radius 1 is 0.912 bits per heavy atom. The number of pyridine rings is 1. The molecule has 3 heterocycles. The number of anilines is 1. The predicted octanol–water partition coefficient (Wildman–Crippen LogP) is 6.42. The summed E-state index contributed by atoms with van der Waals surface area (Å²) in [5.74, 6) is -0.304. The van der Waals surface area contributed by atoms with Crippen molar-refractivity contribution in [3.05, 3.63) is 113 Å². The van der Waals surface area contributed by atoms with Crippen LogP contribution in [-0.2, 0) is 0 Å². The zero-order chi connectivity index (χ0) is 24.0. The summed E-state index contributed by atoms with van der Waals surface area (Å²) < 4.78 is 17.3. The highest BCUT2D eigenvalue weighted by Gasteiger charge is 2.43. The molecule has 0 saturated carbocycles. The Bertz CT molecular complexity index is 1380. The van der Waals surface area contributed by atoms with Gasteiger partial charge in [0, 0.05) is 23.3 Å². The van der Waals surface area contributed by atoms with Crippen LogP contribution in [0, 0.1) is 33.5 Å². The fourth-order valence-electron chi connectivity index (χ4n) is 5.01. The molecule has 6 heteroatoms. The van der Waals surface area contributed by atoms with Crippen LogP contribution in [-0.4, -0.2) is 14.7 Å². The number of aromatic nitrogens is 2. The second kappa shape index (κ2) is 8.69. The molecule has 0 aliphatic carbocycles. The van der Waals surface area contributed by atoms with Crippen LogP contribution in [0.25, 0.3) is 5.69 Å². The Morgan fingerprint density at radius 3 is 2.38 bits per heavy atom. The van der Waals surface area contributed by atoms with Gasteiger partial charge in [-0.15, -0.1) is 0 Å². The number of benzene rings is 2. The molecule has 0 bridgehead atoms. The minimum atomic E-state index is -0.304. The quantitative estimate of drug-likeness (QED) is 0.349. The van der Waals surface area contributed by atoms with Crippen LogP contribution >= 0.6 is 12.2 Å². The average molecular weight is 471 g/mol. The predicted molar refractivity (Wildman–Crippen MR) is 139 cm³/mol. The van der Waals surface area contributed by atoms with Crippen LogP contribution in [0.4, 0.5) is 10.1 Å². The van der Waals surface area contributed by atoms with Gasteiger partial charge in [-0.2, -0.15) is 0 Å². The lowest BCUT2D eigenvalue weighted by molar-refractivity contribution is 0.556. The Morgan fingerprint density at radius 2 is 1.65 bits per heavy atom. The van der Waals surface area contributed by atoms with Crippen LogP contribution in [0.3, 0.4) is 0 Å². The molecule has 2 aromatic carbocycles. The lowest BCUT2D eigenvalue weighted by atomic mass is 9.96. The summed E-state index contributed by atoms with van der Waals surface area (Å²) in [6, 6.07) is 20.7. The van der Waals surface area contributed by atoms with Crippen LogP contribution in [0.1, 0.15) is 45.9 Å². The van der Waals surface area contributed by atoms with E-state index >= 15 is 4.39 Å². The SMILES string of the molecule is Cc1cccc(-n2c(C)cc([C@H]3[C@H](c4ccccn4)NC(=S)N3c3ccccc3F)c2C)c1C. The number of nitrogens with zero attached hydrogens (tertiary/aromatic N) is 3. The number of nitrogens with one attached hydrogen (secondary N) is 1. The van der Waals surface area contributed by atoms with Crippen molar-refractivity contribution in [1.82, 2.24) is 14.9 Å². The van der Waals surface area contributed by atoms with E-state index in [0.717, 1.165) is 28.3 Å². The molecule has 1 fully saturated rings. The molecule has 0 amide bonds. The number of aryl methyl sites for hydroxylation is 2. The molecule has 5 rings (SSSR count). The number of hydrogen-bond donors (Lipinski definition) is 1. The monoisotopic (exact) mass is 470 g/mol. The van der Waals surface area contributed by atoms with Gasteiger partial charge in [-0.1, -0.05) is 30.3 Å². The van der Waals surface area contributed by atoms with Crippen molar-refractivity contribution in [1.29, 1.82) is 0 Å². The Labute approximate surface area is 205 Å². The zero-order valence-electron chi connectivity index (χ0n) is 19.7. The van der Waals surface area contributed by atoms with Crippen LogP contribution in [0.2, 0.25) is 0 Å². The van der Waals surface area contributed by atoms with Crippen molar-refractivity contribution < 1.29 is 4.39 Å². The van der Waals surface area contributed by atoms with Gasteiger partial charge in [0.2, 0.25) is 0 Å². The number of halogens is 1. The fraction of sp³-hybridized carbons (Fsp3) is 0.214. The van der Waals surface area contributed by atoms with E-state index in [0.29, 0.717) is 10.8 Å². The molecule has 0 unspecified atom stereocenters. The molecule has 4 aromatic rings. The molecule has 2 aromatic heterocycles. The first-order chi connectivity index (χ1) is 16.4. The van der Waals surface area contributed by atoms with Gasteiger partial charge in [0.25, 0.3) is 0 Å². The second-order valence-corrected chi connectivity index (χ2v) is 9.22. The number of para-hydroxylation sites is 1. The van der Waals surface area contributed by atoms with Gasteiger partial charge in [0.15, 0.2) is 5.11 Å². The van der Waals surface area contributed by atoms with Gasteiger partial charge in [-0.05, 0) is 93.0 Å². The molecule has 0 spiro atoms. The topological polar surface area (TPSA) is 33.1 Å². The number of rotatable bonds is 4. The lowest BCUT2D eigenvalue weighted by Gasteiger charge is -2.28. The van der Waals surface area contributed by atoms with Crippen molar-refractivity contribution in [2.75, 3.05) is 4.90 Å². The van der Waals surface area contributed by atoms with Crippen molar-refractivity contribution in [3.8, 4) is 5.69 Å². The molecule has 172 valence electrons. The van der Waals surface area contributed by atoms with Crippen LogP contribution in [0.5, 0.6) is 0 Å². The smallest absolute Gasteiger partial charge is 0.174 e. The van der Waals surface area contributed by atoms with E-state index in [1.165, 1.54) is 17.2 Å². The van der Waals surface area contributed by atoms with Gasteiger partial charge in [0.05, 0.1) is 23.5 Å². The fourth-order valence-corrected chi connectivity index (χ4v) is 5.35. The van der Waals surface area contributed by atoms with E-state index in [1.807, 2.05) is 29.2 Å². The normalized spacial score (nSPS) is 17.8. The summed E-state index contributed by atoms with van der Waals surface area (Å²) in [5.41, 5.74) is 8.27. The Balaban J connectivity index is 1.72. The van der Waals surface area contributed by atoms with Crippen LogP contribution < -0.4 is 10.2 Å². The molecule has 1 saturated heterocycles. The summed E-state index contributed by atoms with van der Waals surface area (Å²) >= 11 is 5.76. The van der Waals surface area contributed by atoms with E-state index in [4.69, 9.17) is 12.2 Å². The maximum atomic E-state index is 15.0. The molecular formula is C28H27FN4S. The third-order valence-corrected chi connectivity index (χ3v) is 7.13. The molecule has 34 heavy (non-hydrogen) atoms. The zero-order valence-corrected chi connectivity index (χ0v) is 20.5. The first kappa shape index (κ1) is 22.3. The maximum absolute atomic E-state index is 15.0. The van der Waals surface area contributed by atoms with Gasteiger partial charge >= 0.3 is 0 Å². The van der Waals surface area contributed by atoms with Gasteiger partial charge < -0.3 is 14.8 Å². The van der Waals surface area contributed by atoms with Crippen molar-refractivity contribution in [2.24, 2.45) is 0 Å². The molecule has 1 aliphatic heterocycles. The molecule has 1 N–H and O–H groups in total. The maximum Gasteiger partial charge on any atom is 0.174 e. The van der Waals surface area contributed by atoms with Gasteiger partial charge in [-0.25, -0.2) is 4.39 Å². The van der Waals surface area contributed by atoms with Gasteiger partial charge in [0.1, 0.15) is 5.82 Å². The summed E-state index contributed by atoms with van der Waals surface area (Å²) in [5, 5.41) is 3.92. The Kier molecular flexibility index (Phi) is 5.70. The summed E-state index contributed by atoms with van der Waals surface area (Å²) in [7, 11) is 0. The Hall–Kier alpha value is -3.51. The molecule has 1 aliphatic rings. The van der Waals surface area contributed by atoms with E-state index in [9.17, 15) is 0 Å². The minimum Gasteiger partial charge on any atom is -0.351 e. The van der Waals surface area contributed by atoms with E-state index in [-0.39, 0.29) is 17.9 Å². The van der Waals surface area contributed by atoms with E-state index in [1.54, 1.807) is 18.3 Å². The largest absolute Gasteiger partial charge is 0.351 e. The number of thiocarbonyl (C=S) groups is 1. The van der Waals surface area contributed by atoms with Crippen molar-refractivity contribution >= 4 is 23.0 Å². The first-order valence-electron chi connectivity index (χ1n) is 11.4. The van der Waals surface area contributed by atoms with Crippen molar-refractivity contribution in [2.45, 2.75) is 39.8 Å². The third-order valence-electron chi connectivity index (χ3n) is 6.82. The number of hydrogen-bond acceptors (Lipinski definition) is 2. The first-order valence-corrected chi connectivity index (χ1v) is 11.8. The molecular weight excluding hydrogens is 443 g/mol. The highest BCUT2D eigenvalue weighted by atomic mass is 32.1. The summed E-state index contributed by atoms with van der Waals surface area (Å²) in [6.07, 6.45) is 1.78. The highest BCUT2D eigenvalue weighted by molar-refractivity contribution is 7.80. The van der Waals surface area contributed by atoms with E-state index in [2.05, 4.69) is 66.8 Å². The summed E-state index contributed by atoms with van der Waals surface area (Å²) in [6.45, 7) is 8.52. The van der Waals surface area contributed by atoms with Crippen molar-refractivity contribution in [3.63, 3.8) is 0 Å². The molecule has 4 nitrogen and oxygen atoms in total. The minimum absolute atomic E-state index is 0.221. The average Bonchev–Trinajstić information content (AvgIpc) is 3.32. The third kappa shape index (κ3) is 3.59. The second-order valence-electron chi connectivity index (χ2n) is 8.83. The molecule has 2 atom stereocenters.